The van der Waals surface area contributed by atoms with E-state index in [2.05, 4.69) is 22.3 Å². The minimum Gasteiger partial charge on any atom is -0.379 e. The van der Waals surface area contributed by atoms with Crippen molar-refractivity contribution < 1.29 is 9.53 Å². The molecule has 1 saturated heterocycles. The van der Waals surface area contributed by atoms with Crippen LogP contribution in [0.4, 0.5) is 0 Å². The molecule has 5 nitrogen and oxygen atoms in total. The van der Waals surface area contributed by atoms with E-state index >= 15 is 0 Å². The van der Waals surface area contributed by atoms with Crippen LogP contribution >= 0.6 is 0 Å². The van der Waals surface area contributed by atoms with Crippen LogP contribution in [0.1, 0.15) is 5.56 Å². The van der Waals surface area contributed by atoms with E-state index in [9.17, 15) is 4.79 Å². The Balaban J connectivity index is 1.94. The molecule has 1 aliphatic heterocycles. The Morgan fingerprint density at radius 2 is 2.00 bits per heavy atom. The summed E-state index contributed by atoms with van der Waals surface area (Å²) in [7, 11) is 0. The summed E-state index contributed by atoms with van der Waals surface area (Å²) in [5, 5.41) is 3.02. The van der Waals surface area contributed by atoms with Gasteiger partial charge in [0.05, 0.1) is 19.8 Å². The number of nitrogens with two attached hydrogens (primary N) is 1. The number of benzene rings is 1. The molecule has 0 saturated carbocycles. The topological polar surface area (TPSA) is 67.6 Å². The van der Waals surface area contributed by atoms with Gasteiger partial charge in [-0.15, -0.1) is 0 Å². The third-order valence-electron chi connectivity index (χ3n) is 3.46. The van der Waals surface area contributed by atoms with Crippen molar-refractivity contribution in [2.24, 2.45) is 5.73 Å². The first-order chi connectivity index (χ1) is 9.78. The number of hydrogen-bond acceptors (Lipinski definition) is 4. The van der Waals surface area contributed by atoms with Gasteiger partial charge >= 0.3 is 0 Å². The van der Waals surface area contributed by atoms with Gasteiger partial charge in [-0.3, -0.25) is 9.69 Å². The molecule has 1 amide bonds. The van der Waals surface area contributed by atoms with Crippen molar-refractivity contribution >= 4 is 5.91 Å². The van der Waals surface area contributed by atoms with Gasteiger partial charge in [0.2, 0.25) is 5.91 Å². The number of ether oxygens (including phenoxy) is 1. The molecule has 1 unspecified atom stereocenters. The molecule has 0 aliphatic carbocycles. The van der Waals surface area contributed by atoms with E-state index in [4.69, 9.17) is 10.5 Å². The van der Waals surface area contributed by atoms with Crippen molar-refractivity contribution in [2.75, 3.05) is 39.4 Å². The van der Waals surface area contributed by atoms with Crippen molar-refractivity contribution in [3.8, 4) is 0 Å². The van der Waals surface area contributed by atoms with E-state index in [1.165, 1.54) is 5.56 Å². The second kappa shape index (κ2) is 7.99. The Kier molecular flexibility index (Phi) is 5.98. The molecule has 0 radical (unpaired) electrons. The maximum atomic E-state index is 11.6. The normalized spacial score (nSPS) is 17.6. The summed E-state index contributed by atoms with van der Waals surface area (Å²) >= 11 is 0. The van der Waals surface area contributed by atoms with Crippen molar-refractivity contribution in [1.82, 2.24) is 10.2 Å². The molecule has 3 N–H and O–H groups in total. The van der Waals surface area contributed by atoms with Crippen LogP contribution in [0.3, 0.4) is 0 Å². The number of nitrogens with one attached hydrogen (secondary N) is 1. The fourth-order valence-corrected chi connectivity index (χ4v) is 2.44. The summed E-state index contributed by atoms with van der Waals surface area (Å²) in [5.74, 6) is -0.0980. The van der Waals surface area contributed by atoms with Gasteiger partial charge in [0.25, 0.3) is 0 Å². The predicted octanol–water partition coefficient (Wildman–Crippen LogP) is 0.00480. The smallest absolute Gasteiger partial charge is 0.234 e. The Morgan fingerprint density at radius 1 is 1.30 bits per heavy atom. The Morgan fingerprint density at radius 3 is 2.65 bits per heavy atom. The summed E-state index contributed by atoms with van der Waals surface area (Å²) in [4.78, 5) is 13.9. The second-order valence-corrected chi connectivity index (χ2v) is 5.07. The second-order valence-electron chi connectivity index (χ2n) is 5.07. The van der Waals surface area contributed by atoms with Crippen LogP contribution in [0, 0.1) is 0 Å². The summed E-state index contributed by atoms with van der Waals surface area (Å²) in [5.41, 5.74) is 6.63. The molecule has 1 atom stereocenters. The van der Waals surface area contributed by atoms with Crippen molar-refractivity contribution in [1.29, 1.82) is 0 Å². The number of hydrogen-bond donors (Lipinski definition) is 2. The minimum atomic E-state index is -0.0980. The van der Waals surface area contributed by atoms with Crippen molar-refractivity contribution in [3.63, 3.8) is 0 Å². The minimum absolute atomic E-state index is 0.0361. The molecule has 0 spiro atoms. The highest BCUT2D eigenvalue weighted by Gasteiger charge is 2.18. The average Bonchev–Trinajstić information content (AvgIpc) is 2.49. The molecule has 110 valence electrons. The first kappa shape index (κ1) is 15.0. The lowest BCUT2D eigenvalue weighted by molar-refractivity contribution is -0.120. The molecule has 1 aromatic carbocycles. The molecular formula is C15H23N3O2. The van der Waals surface area contributed by atoms with Crippen LogP contribution in [-0.4, -0.2) is 56.2 Å². The fourth-order valence-electron chi connectivity index (χ4n) is 2.44. The van der Waals surface area contributed by atoms with Gasteiger partial charge < -0.3 is 15.8 Å². The van der Waals surface area contributed by atoms with E-state index in [0.29, 0.717) is 0 Å². The van der Waals surface area contributed by atoms with Crippen LogP contribution < -0.4 is 11.1 Å². The predicted molar refractivity (Wildman–Crippen MR) is 78.4 cm³/mol. The number of amides is 1. The van der Waals surface area contributed by atoms with Crippen LogP contribution in [0.25, 0.3) is 0 Å². The highest BCUT2D eigenvalue weighted by molar-refractivity contribution is 5.78. The maximum Gasteiger partial charge on any atom is 0.234 e. The molecule has 0 bridgehead atoms. The molecule has 1 aliphatic rings. The number of carbonyl (C=O) groups is 1. The highest BCUT2D eigenvalue weighted by Crippen LogP contribution is 2.06. The maximum absolute atomic E-state index is 11.6. The van der Waals surface area contributed by atoms with Gasteiger partial charge in [0, 0.05) is 25.7 Å². The summed E-state index contributed by atoms with van der Waals surface area (Å²) in [6.07, 6.45) is 0.823. The van der Waals surface area contributed by atoms with Gasteiger partial charge in [-0.05, 0) is 12.0 Å². The van der Waals surface area contributed by atoms with Crippen LogP contribution in [0.2, 0.25) is 0 Å². The van der Waals surface area contributed by atoms with Crippen LogP contribution in [0.15, 0.2) is 30.3 Å². The molecular weight excluding hydrogens is 254 g/mol. The first-order valence-electron chi connectivity index (χ1n) is 7.11. The number of nitrogens with zero attached hydrogens (tertiary/aromatic N) is 1. The van der Waals surface area contributed by atoms with Crippen LogP contribution in [0.5, 0.6) is 0 Å². The van der Waals surface area contributed by atoms with Crippen molar-refractivity contribution in [2.45, 2.75) is 12.5 Å². The van der Waals surface area contributed by atoms with E-state index in [-0.39, 0.29) is 18.5 Å². The van der Waals surface area contributed by atoms with E-state index in [1.54, 1.807) is 0 Å². The SMILES string of the molecule is NCC(=O)NC(Cc1ccccc1)CN1CCOCC1. The summed E-state index contributed by atoms with van der Waals surface area (Å²) in [6, 6.07) is 10.3. The lowest BCUT2D eigenvalue weighted by Crippen LogP contribution is -2.49. The van der Waals surface area contributed by atoms with Crippen molar-refractivity contribution in [3.05, 3.63) is 35.9 Å². The van der Waals surface area contributed by atoms with Gasteiger partial charge in [0.15, 0.2) is 0 Å². The number of morpholine rings is 1. The molecule has 2 rings (SSSR count). The third kappa shape index (κ3) is 4.92. The number of carbonyl (C=O) groups excluding carboxylic acids is 1. The first-order valence-corrected chi connectivity index (χ1v) is 7.11. The summed E-state index contributed by atoms with van der Waals surface area (Å²) in [6.45, 7) is 4.25. The fraction of sp³-hybridized carbons (Fsp3) is 0.533. The lowest BCUT2D eigenvalue weighted by atomic mass is 10.1. The van der Waals surface area contributed by atoms with Gasteiger partial charge in [0.1, 0.15) is 0 Å². The Bertz CT molecular complexity index is 405. The monoisotopic (exact) mass is 277 g/mol. The van der Waals surface area contributed by atoms with Gasteiger partial charge in [-0.1, -0.05) is 30.3 Å². The lowest BCUT2D eigenvalue weighted by Gasteiger charge is -2.31. The number of rotatable bonds is 6. The zero-order valence-corrected chi connectivity index (χ0v) is 11.8. The standard InChI is InChI=1S/C15H23N3O2/c16-11-15(19)17-14(10-13-4-2-1-3-5-13)12-18-6-8-20-9-7-18/h1-5,14H,6-12,16H2,(H,17,19). The Hall–Kier alpha value is -1.43. The molecule has 20 heavy (non-hydrogen) atoms. The molecule has 1 heterocycles. The molecule has 1 fully saturated rings. The zero-order valence-electron chi connectivity index (χ0n) is 11.8. The van der Waals surface area contributed by atoms with E-state index < -0.39 is 0 Å². The largest absolute Gasteiger partial charge is 0.379 e. The molecule has 5 heteroatoms. The summed E-state index contributed by atoms with van der Waals surface area (Å²) < 4.78 is 5.35. The van der Waals surface area contributed by atoms with E-state index in [0.717, 1.165) is 39.3 Å². The van der Waals surface area contributed by atoms with E-state index in [1.807, 2.05) is 18.2 Å². The Labute approximate surface area is 120 Å². The third-order valence-corrected chi connectivity index (χ3v) is 3.46. The highest BCUT2D eigenvalue weighted by atomic mass is 16.5. The average molecular weight is 277 g/mol. The quantitative estimate of drug-likeness (QED) is 0.768. The van der Waals surface area contributed by atoms with Crippen LogP contribution in [-0.2, 0) is 16.0 Å². The molecule has 0 aromatic heterocycles. The van der Waals surface area contributed by atoms with Gasteiger partial charge in [-0.2, -0.15) is 0 Å². The van der Waals surface area contributed by atoms with Gasteiger partial charge in [-0.25, -0.2) is 0 Å². The zero-order chi connectivity index (χ0) is 14.2. The molecule has 1 aromatic rings.